The Labute approximate surface area is 112 Å². The highest BCUT2D eigenvalue weighted by atomic mass is 32.1. The van der Waals surface area contributed by atoms with Crippen LogP contribution in [0.15, 0.2) is 5.38 Å². The summed E-state index contributed by atoms with van der Waals surface area (Å²) in [5, 5.41) is 19.5. The minimum Gasteiger partial charge on any atom is -0.296 e. The van der Waals surface area contributed by atoms with E-state index in [2.05, 4.69) is 15.4 Å². The molecule has 0 aliphatic carbocycles. The van der Waals surface area contributed by atoms with Crippen molar-refractivity contribution in [1.82, 2.24) is 14.8 Å². The maximum Gasteiger partial charge on any atom is 0.322 e. The number of rotatable bonds is 3. The van der Waals surface area contributed by atoms with E-state index < -0.39 is 10.8 Å². The monoisotopic (exact) mass is 281 g/mol. The molecule has 0 aliphatic rings. The number of aryl methyl sites for hydroxylation is 2. The van der Waals surface area contributed by atoms with Gasteiger partial charge in [0.2, 0.25) is 5.69 Å². The van der Waals surface area contributed by atoms with E-state index in [1.807, 2.05) is 0 Å². The van der Waals surface area contributed by atoms with Gasteiger partial charge in [-0.25, -0.2) is 4.98 Å². The maximum absolute atomic E-state index is 12.0. The van der Waals surface area contributed by atoms with Gasteiger partial charge in [0, 0.05) is 12.4 Å². The zero-order valence-corrected chi connectivity index (χ0v) is 11.3. The first-order chi connectivity index (χ1) is 8.90. The number of nitrogens with one attached hydrogen (secondary N) is 1. The molecule has 100 valence electrons. The lowest BCUT2D eigenvalue weighted by atomic mass is 10.3. The van der Waals surface area contributed by atoms with Crippen molar-refractivity contribution in [2.75, 3.05) is 5.32 Å². The van der Waals surface area contributed by atoms with Crippen LogP contribution >= 0.6 is 11.3 Å². The second-order valence-electron chi connectivity index (χ2n) is 3.91. The number of thiazole rings is 1. The summed E-state index contributed by atoms with van der Waals surface area (Å²) in [7, 11) is 1.55. The molecule has 2 heterocycles. The Balaban J connectivity index is 2.34. The minimum atomic E-state index is -0.634. The number of carbonyl (C=O) groups is 1. The van der Waals surface area contributed by atoms with E-state index in [0.717, 1.165) is 5.69 Å². The average Bonchev–Trinajstić information content (AvgIpc) is 2.84. The molecule has 19 heavy (non-hydrogen) atoms. The number of aromatic nitrogens is 3. The van der Waals surface area contributed by atoms with Crippen molar-refractivity contribution in [3.8, 4) is 0 Å². The van der Waals surface area contributed by atoms with E-state index in [1.54, 1.807) is 19.4 Å². The van der Waals surface area contributed by atoms with Gasteiger partial charge in [0.15, 0.2) is 5.13 Å². The summed E-state index contributed by atoms with van der Waals surface area (Å²) in [4.78, 5) is 26.4. The smallest absolute Gasteiger partial charge is 0.296 e. The fourth-order valence-electron chi connectivity index (χ4n) is 1.54. The molecule has 2 rings (SSSR count). The van der Waals surface area contributed by atoms with Gasteiger partial charge in [-0.05, 0) is 13.8 Å². The van der Waals surface area contributed by atoms with E-state index in [0.29, 0.717) is 10.8 Å². The molecular formula is C10H11N5O3S. The van der Waals surface area contributed by atoms with Crippen molar-refractivity contribution >= 4 is 28.1 Å². The Bertz CT molecular complexity index is 660. The zero-order chi connectivity index (χ0) is 14.2. The Morgan fingerprint density at radius 2 is 2.21 bits per heavy atom. The molecule has 0 aliphatic heterocycles. The van der Waals surface area contributed by atoms with Gasteiger partial charge in [-0.2, -0.15) is 5.10 Å². The van der Waals surface area contributed by atoms with Crippen molar-refractivity contribution < 1.29 is 9.72 Å². The Morgan fingerprint density at radius 1 is 1.53 bits per heavy atom. The van der Waals surface area contributed by atoms with Crippen LogP contribution in [0, 0.1) is 24.0 Å². The molecule has 0 saturated heterocycles. The minimum absolute atomic E-state index is 0.210. The van der Waals surface area contributed by atoms with Crippen molar-refractivity contribution in [2.45, 2.75) is 13.8 Å². The quantitative estimate of drug-likeness (QED) is 0.680. The first-order valence-electron chi connectivity index (χ1n) is 5.31. The summed E-state index contributed by atoms with van der Waals surface area (Å²) in [6.45, 7) is 3.33. The number of nitrogens with zero attached hydrogens (tertiary/aromatic N) is 4. The highest BCUT2D eigenvalue weighted by Gasteiger charge is 2.29. The molecule has 2 aromatic rings. The van der Waals surface area contributed by atoms with Gasteiger partial charge in [0.1, 0.15) is 5.69 Å². The summed E-state index contributed by atoms with van der Waals surface area (Å²) in [6.07, 6.45) is 0. The van der Waals surface area contributed by atoms with Gasteiger partial charge in [0.05, 0.1) is 10.6 Å². The van der Waals surface area contributed by atoms with Crippen LogP contribution in [0.4, 0.5) is 10.8 Å². The molecular weight excluding hydrogens is 270 g/mol. The van der Waals surface area contributed by atoms with Crippen LogP contribution in [0.5, 0.6) is 0 Å². The Kier molecular flexibility index (Phi) is 3.30. The van der Waals surface area contributed by atoms with Crippen molar-refractivity contribution in [2.24, 2.45) is 7.05 Å². The van der Waals surface area contributed by atoms with Crippen molar-refractivity contribution in [1.29, 1.82) is 0 Å². The first-order valence-corrected chi connectivity index (χ1v) is 6.19. The summed E-state index contributed by atoms with van der Waals surface area (Å²) < 4.78 is 1.31. The second kappa shape index (κ2) is 4.76. The third kappa shape index (κ3) is 2.45. The predicted octanol–water partition coefficient (Wildman–Crippen LogP) is 1.65. The van der Waals surface area contributed by atoms with Crippen LogP contribution in [0.2, 0.25) is 0 Å². The molecule has 0 unspecified atom stereocenters. The largest absolute Gasteiger partial charge is 0.322 e. The van der Waals surface area contributed by atoms with Gasteiger partial charge < -0.3 is 0 Å². The average molecular weight is 281 g/mol. The van der Waals surface area contributed by atoms with E-state index in [4.69, 9.17) is 0 Å². The van der Waals surface area contributed by atoms with Crippen molar-refractivity contribution in [3.05, 3.63) is 32.6 Å². The molecule has 0 saturated carbocycles. The molecule has 0 spiro atoms. The molecule has 0 radical (unpaired) electrons. The summed E-state index contributed by atoms with van der Waals surface area (Å²) >= 11 is 1.25. The summed E-state index contributed by atoms with van der Waals surface area (Å²) in [5.41, 5.74) is 0.601. The third-order valence-electron chi connectivity index (χ3n) is 2.54. The number of amides is 1. The lowest BCUT2D eigenvalue weighted by molar-refractivity contribution is -0.385. The van der Waals surface area contributed by atoms with Crippen LogP contribution in [-0.4, -0.2) is 25.6 Å². The fourth-order valence-corrected chi connectivity index (χ4v) is 2.22. The first kappa shape index (κ1) is 13.1. The maximum atomic E-state index is 12.0. The topological polar surface area (TPSA) is 103 Å². The van der Waals surface area contributed by atoms with Crippen LogP contribution in [0.3, 0.4) is 0 Å². The van der Waals surface area contributed by atoms with Crippen molar-refractivity contribution in [3.63, 3.8) is 0 Å². The van der Waals surface area contributed by atoms with Crippen LogP contribution in [0.25, 0.3) is 0 Å². The molecule has 0 aromatic carbocycles. The highest BCUT2D eigenvalue weighted by Crippen LogP contribution is 2.23. The standard InChI is InChI=1S/C10H11N5O3S/c1-5-4-19-10(11-5)12-9(16)7-8(15(17)18)6(2)14(3)13-7/h4H,1-3H3,(H,11,12,16). The number of hydrogen-bond donors (Lipinski definition) is 1. The number of anilines is 1. The van der Waals surface area contributed by atoms with Crippen LogP contribution < -0.4 is 5.32 Å². The SMILES string of the molecule is Cc1csc(NC(=O)c2nn(C)c(C)c2[N+](=O)[O-])n1. The highest BCUT2D eigenvalue weighted by molar-refractivity contribution is 7.13. The third-order valence-corrected chi connectivity index (χ3v) is 3.42. The molecule has 0 bridgehead atoms. The zero-order valence-electron chi connectivity index (χ0n) is 10.5. The molecule has 0 atom stereocenters. The summed E-state index contributed by atoms with van der Waals surface area (Å²) in [6, 6.07) is 0. The predicted molar refractivity (Wildman–Crippen MR) is 69.4 cm³/mol. The van der Waals surface area contributed by atoms with Gasteiger partial charge in [-0.1, -0.05) is 0 Å². The molecule has 1 N–H and O–H groups in total. The van der Waals surface area contributed by atoms with E-state index >= 15 is 0 Å². The van der Waals surface area contributed by atoms with E-state index in [-0.39, 0.29) is 11.4 Å². The molecule has 8 nitrogen and oxygen atoms in total. The van der Waals surface area contributed by atoms with Gasteiger partial charge in [-0.15, -0.1) is 11.3 Å². The van der Waals surface area contributed by atoms with E-state index in [9.17, 15) is 14.9 Å². The number of hydrogen-bond acceptors (Lipinski definition) is 6. The second-order valence-corrected chi connectivity index (χ2v) is 4.77. The fraction of sp³-hybridized carbons (Fsp3) is 0.300. The van der Waals surface area contributed by atoms with Crippen LogP contribution in [-0.2, 0) is 7.05 Å². The molecule has 2 aromatic heterocycles. The van der Waals surface area contributed by atoms with Crippen LogP contribution in [0.1, 0.15) is 21.9 Å². The van der Waals surface area contributed by atoms with E-state index in [1.165, 1.54) is 22.9 Å². The lowest BCUT2D eigenvalue weighted by Crippen LogP contribution is -2.14. The van der Waals surface area contributed by atoms with Gasteiger partial charge in [-0.3, -0.25) is 24.9 Å². The Hall–Kier alpha value is -2.29. The number of nitro groups is 1. The summed E-state index contributed by atoms with van der Waals surface area (Å²) in [5.74, 6) is -0.634. The molecule has 0 fully saturated rings. The van der Waals surface area contributed by atoms with Gasteiger partial charge >= 0.3 is 5.69 Å². The molecule has 1 amide bonds. The lowest BCUT2D eigenvalue weighted by Gasteiger charge is -1.97. The number of carbonyl (C=O) groups excluding carboxylic acids is 1. The van der Waals surface area contributed by atoms with Gasteiger partial charge in [0.25, 0.3) is 5.91 Å². The Morgan fingerprint density at radius 3 is 2.74 bits per heavy atom. The molecule has 9 heteroatoms. The normalized spacial score (nSPS) is 10.5.